The molecule has 2 aromatic heterocycles. The van der Waals surface area contributed by atoms with E-state index in [1.165, 1.54) is 4.88 Å². The van der Waals surface area contributed by atoms with Crippen LogP contribution in [0.15, 0.2) is 43.7 Å². The highest BCUT2D eigenvalue weighted by atomic mass is 127. The molecular formula is C15H21BrIN3O2S. The van der Waals surface area contributed by atoms with Gasteiger partial charge >= 0.3 is 0 Å². The van der Waals surface area contributed by atoms with Crippen LogP contribution >= 0.6 is 51.2 Å². The van der Waals surface area contributed by atoms with Crippen molar-refractivity contribution < 1.29 is 9.15 Å². The molecule has 5 nitrogen and oxygen atoms in total. The van der Waals surface area contributed by atoms with E-state index in [4.69, 9.17) is 9.15 Å². The minimum absolute atomic E-state index is 0. The van der Waals surface area contributed by atoms with Gasteiger partial charge in [-0.1, -0.05) is 0 Å². The van der Waals surface area contributed by atoms with E-state index in [0.29, 0.717) is 13.2 Å². The van der Waals surface area contributed by atoms with Crippen LogP contribution in [0.1, 0.15) is 17.1 Å². The summed E-state index contributed by atoms with van der Waals surface area (Å²) in [6.07, 6.45) is 2.56. The zero-order valence-electron chi connectivity index (χ0n) is 12.9. The van der Waals surface area contributed by atoms with Gasteiger partial charge in [0.15, 0.2) is 5.96 Å². The molecule has 0 unspecified atom stereocenters. The maximum absolute atomic E-state index is 5.53. The summed E-state index contributed by atoms with van der Waals surface area (Å²) >= 11 is 5.17. The molecule has 2 rings (SSSR count). The number of hydrogen-bond donors (Lipinski definition) is 2. The molecule has 2 N–H and O–H groups in total. The standard InChI is InChI=1S/C15H20BrN3O2S.HI/c1-17-15(19-9-14-8-12(16)11-22-14)18-5-3-6-20-10-13-4-2-7-21-13;/h2,4,7-8,11H,3,5-6,9-10H2,1H3,(H2,17,18,19);1H. The number of rotatable bonds is 8. The molecule has 0 atom stereocenters. The summed E-state index contributed by atoms with van der Waals surface area (Å²) in [5, 5.41) is 8.63. The summed E-state index contributed by atoms with van der Waals surface area (Å²) in [6, 6.07) is 5.88. The predicted molar refractivity (Wildman–Crippen MR) is 109 cm³/mol. The number of halogens is 2. The van der Waals surface area contributed by atoms with Gasteiger partial charge in [-0.25, -0.2) is 0 Å². The molecule has 8 heteroatoms. The van der Waals surface area contributed by atoms with Gasteiger partial charge in [0.05, 0.1) is 12.8 Å². The molecule has 0 saturated heterocycles. The van der Waals surface area contributed by atoms with E-state index in [9.17, 15) is 0 Å². The Morgan fingerprint density at radius 1 is 1.43 bits per heavy atom. The fourth-order valence-corrected chi connectivity index (χ4v) is 3.18. The average Bonchev–Trinajstić information content (AvgIpc) is 3.17. The normalized spacial score (nSPS) is 11.1. The first-order valence-corrected chi connectivity index (χ1v) is 8.73. The molecule has 0 aliphatic rings. The van der Waals surface area contributed by atoms with Crippen molar-refractivity contribution in [2.75, 3.05) is 20.2 Å². The van der Waals surface area contributed by atoms with Gasteiger partial charge < -0.3 is 19.8 Å². The van der Waals surface area contributed by atoms with Gasteiger partial charge in [-0.15, -0.1) is 35.3 Å². The zero-order valence-corrected chi connectivity index (χ0v) is 17.6. The molecule has 0 amide bonds. The van der Waals surface area contributed by atoms with Crippen molar-refractivity contribution in [2.45, 2.75) is 19.6 Å². The van der Waals surface area contributed by atoms with E-state index in [-0.39, 0.29) is 24.0 Å². The minimum Gasteiger partial charge on any atom is -0.467 e. The number of nitrogens with zero attached hydrogens (tertiary/aromatic N) is 1. The highest BCUT2D eigenvalue weighted by Crippen LogP contribution is 2.19. The third kappa shape index (κ3) is 8.18. The summed E-state index contributed by atoms with van der Waals surface area (Å²) in [7, 11) is 1.77. The van der Waals surface area contributed by atoms with Crippen molar-refractivity contribution in [3.63, 3.8) is 0 Å². The number of guanidine groups is 1. The first-order chi connectivity index (χ1) is 10.8. The van der Waals surface area contributed by atoms with E-state index in [0.717, 1.165) is 35.7 Å². The molecule has 0 aromatic carbocycles. The van der Waals surface area contributed by atoms with E-state index < -0.39 is 0 Å². The van der Waals surface area contributed by atoms with Gasteiger partial charge in [-0.05, 0) is 40.5 Å². The van der Waals surface area contributed by atoms with Crippen molar-refractivity contribution in [3.8, 4) is 0 Å². The van der Waals surface area contributed by atoms with Gasteiger partial charge in [0, 0.05) is 34.9 Å². The molecule has 23 heavy (non-hydrogen) atoms. The van der Waals surface area contributed by atoms with Crippen molar-refractivity contribution in [1.29, 1.82) is 0 Å². The Hall–Kier alpha value is -0.580. The second-order valence-corrected chi connectivity index (χ2v) is 6.48. The largest absolute Gasteiger partial charge is 0.467 e. The Labute approximate surface area is 166 Å². The van der Waals surface area contributed by atoms with Gasteiger partial charge in [-0.3, -0.25) is 4.99 Å². The maximum Gasteiger partial charge on any atom is 0.191 e. The SMILES string of the molecule is CN=C(NCCCOCc1ccco1)NCc1cc(Br)cs1.I. The molecular weight excluding hydrogens is 493 g/mol. The third-order valence-corrected chi connectivity index (χ3v) is 4.56. The van der Waals surface area contributed by atoms with Crippen LogP contribution in [0.2, 0.25) is 0 Å². The van der Waals surface area contributed by atoms with Crippen LogP contribution in [0.3, 0.4) is 0 Å². The Kier molecular flexibility index (Phi) is 10.6. The predicted octanol–water partition coefficient (Wildman–Crippen LogP) is 3.99. The molecule has 128 valence electrons. The monoisotopic (exact) mass is 513 g/mol. The quantitative estimate of drug-likeness (QED) is 0.242. The third-order valence-electron chi connectivity index (χ3n) is 2.86. The Bertz CT molecular complexity index is 575. The second kappa shape index (κ2) is 11.9. The van der Waals surface area contributed by atoms with Crippen LogP contribution in [0.5, 0.6) is 0 Å². The number of ether oxygens (including phenoxy) is 1. The number of thiophene rings is 1. The fraction of sp³-hybridized carbons (Fsp3) is 0.400. The first-order valence-electron chi connectivity index (χ1n) is 7.05. The molecule has 0 saturated carbocycles. The van der Waals surface area contributed by atoms with Gasteiger partial charge in [0.1, 0.15) is 12.4 Å². The van der Waals surface area contributed by atoms with Crippen molar-refractivity contribution >= 4 is 57.2 Å². The first kappa shape index (κ1) is 20.5. The van der Waals surface area contributed by atoms with Gasteiger partial charge in [-0.2, -0.15) is 0 Å². The van der Waals surface area contributed by atoms with Crippen LogP contribution in [0.4, 0.5) is 0 Å². The van der Waals surface area contributed by atoms with Crippen LogP contribution in [-0.4, -0.2) is 26.2 Å². The number of furan rings is 1. The average molecular weight is 514 g/mol. The molecule has 0 fully saturated rings. The Morgan fingerprint density at radius 3 is 2.96 bits per heavy atom. The van der Waals surface area contributed by atoms with Crippen LogP contribution in [-0.2, 0) is 17.9 Å². The summed E-state index contributed by atoms with van der Waals surface area (Å²) in [4.78, 5) is 5.46. The highest BCUT2D eigenvalue weighted by molar-refractivity contribution is 14.0. The Morgan fingerprint density at radius 2 is 2.30 bits per heavy atom. The fourth-order valence-electron chi connectivity index (χ4n) is 1.79. The van der Waals surface area contributed by atoms with Gasteiger partial charge in [0.25, 0.3) is 0 Å². The smallest absolute Gasteiger partial charge is 0.191 e. The van der Waals surface area contributed by atoms with Crippen molar-refractivity contribution in [2.24, 2.45) is 4.99 Å². The van der Waals surface area contributed by atoms with E-state index >= 15 is 0 Å². The zero-order chi connectivity index (χ0) is 15.6. The number of aliphatic imine (C=N–C) groups is 1. The molecule has 0 bridgehead atoms. The van der Waals surface area contributed by atoms with Gasteiger partial charge in [0.2, 0.25) is 0 Å². The number of nitrogens with one attached hydrogen (secondary N) is 2. The van der Waals surface area contributed by atoms with Crippen LogP contribution in [0.25, 0.3) is 0 Å². The molecule has 0 spiro atoms. The molecule has 2 aromatic rings. The van der Waals surface area contributed by atoms with E-state index in [1.54, 1.807) is 24.6 Å². The lowest BCUT2D eigenvalue weighted by Crippen LogP contribution is -2.37. The topological polar surface area (TPSA) is 58.8 Å². The summed E-state index contributed by atoms with van der Waals surface area (Å²) < 4.78 is 11.8. The molecule has 2 heterocycles. The molecule has 0 aliphatic carbocycles. The second-order valence-electron chi connectivity index (χ2n) is 4.57. The summed E-state index contributed by atoms with van der Waals surface area (Å²) in [5.41, 5.74) is 0. The number of hydrogen-bond acceptors (Lipinski definition) is 4. The summed E-state index contributed by atoms with van der Waals surface area (Å²) in [5.74, 6) is 1.66. The lowest BCUT2D eigenvalue weighted by atomic mass is 10.4. The van der Waals surface area contributed by atoms with E-state index in [2.05, 4.69) is 43.0 Å². The van der Waals surface area contributed by atoms with Crippen molar-refractivity contribution in [1.82, 2.24) is 10.6 Å². The van der Waals surface area contributed by atoms with E-state index in [1.807, 2.05) is 12.1 Å². The summed E-state index contributed by atoms with van der Waals surface area (Å²) in [6.45, 7) is 2.78. The van der Waals surface area contributed by atoms with Crippen LogP contribution in [0, 0.1) is 0 Å². The maximum atomic E-state index is 5.53. The highest BCUT2D eigenvalue weighted by Gasteiger charge is 2.01. The van der Waals surface area contributed by atoms with Crippen molar-refractivity contribution in [3.05, 3.63) is 45.0 Å². The van der Waals surface area contributed by atoms with Crippen LogP contribution < -0.4 is 10.6 Å². The molecule has 0 aliphatic heterocycles. The Balaban J connectivity index is 0.00000264. The molecule has 0 radical (unpaired) electrons. The minimum atomic E-state index is 0. The lowest BCUT2D eigenvalue weighted by molar-refractivity contribution is 0.105. The lowest BCUT2D eigenvalue weighted by Gasteiger charge is -2.11.